The molecular formula is C14H12Cl2CuN4O. The van der Waals surface area contributed by atoms with Gasteiger partial charge in [0.15, 0.2) is 0 Å². The van der Waals surface area contributed by atoms with Crippen molar-refractivity contribution in [1.29, 1.82) is 0 Å². The fourth-order valence-corrected chi connectivity index (χ4v) is 1.82. The van der Waals surface area contributed by atoms with Gasteiger partial charge in [-0.3, -0.25) is 0 Å². The summed E-state index contributed by atoms with van der Waals surface area (Å²) in [7, 11) is 9.34. The second-order valence-corrected chi connectivity index (χ2v) is 5.69. The molecule has 4 N–H and O–H groups in total. The number of anilines is 2. The normalized spacial score (nSPS) is 10.1. The van der Waals surface area contributed by atoms with Crippen molar-refractivity contribution in [2.45, 2.75) is 0 Å². The minimum atomic E-state index is 0.386. The van der Waals surface area contributed by atoms with E-state index in [-0.39, 0.29) is 0 Å². The summed E-state index contributed by atoms with van der Waals surface area (Å²) in [6, 6.07) is 14.7. The van der Waals surface area contributed by atoms with Gasteiger partial charge in [0, 0.05) is 11.4 Å². The second kappa shape index (κ2) is 8.06. The van der Waals surface area contributed by atoms with E-state index in [0.29, 0.717) is 23.2 Å². The Hall–Kier alpha value is -1.72. The van der Waals surface area contributed by atoms with Crippen molar-refractivity contribution in [1.82, 2.24) is 10.2 Å². The van der Waals surface area contributed by atoms with Crippen molar-refractivity contribution in [3.63, 3.8) is 0 Å². The summed E-state index contributed by atoms with van der Waals surface area (Å²) in [5.74, 6) is 0.771. The summed E-state index contributed by atoms with van der Waals surface area (Å²) in [6.07, 6.45) is 0. The third kappa shape index (κ3) is 3.93. The van der Waals surface area contributed by atoms with Gasteiger partial charge in [0.1, 0.15) is 0 Å². The Labute approximate surface area is 142 Å². The maximum absolute atomic E-state index is 5.88. The number of benzene rings is 2. The molecule has 0 unspecified atom stereocenters. The van der Waals surface area contributed by atoms with E-state index < -0.39 is 0 Å². The van der Waals surface area contributed by atoms with Gasteiger partial charge in [-0.2, -0.15) is 0 Å². The van der Waals surface area contributed by atoms with Crippen LogP contribution >= 0.6 is 20.2 Å². The number of halogens is 2. The van der Waals surface area contributed by atoms with Gasteiger partial charge in [-0.1, -0.05) is 24.3 Å². The Morgan fingerprint density at radius 3 is 1.50 bits per heavy atom. The molecule has 1 aromatic heterocycles. The quantitative estimate of drug-likeness (QED) is 0.514. The number of nitrogens with two attached hydrogens (primary N) is 2. The van der Waals surface area contributed by atoms with Crippen LogP contribution in [0.15, 0.2) is 52.9 Å². The van der Waals surface area contributed by atoms with Crippen LogP contribution in [0.25, 0.3) is 22.9 Å². The van der Waals surface area contributed by atoms with Crippen LogP contribution in [0.2, 0.25) is 0 Å². The monoisotopic (exact) mass is 385 g/mol. The van der Waals surface area contributed by atoms with Gasteiger partial charge in [0.25, 0.3) is 0 Å². The summed E-state index contributed by atoms with van der Waals surface area (Å²) < 4.78 is 5.64. The third-order valence-corrected chi connectivity index (χ3v) is 2.81. The molecule has 8 heteroatoms. The predicted octanol–water partition coefficient (Wildman–Crippen LogP) is 3.94. The van der Waals surface area contributed by atoms with Crippen LogP contribution in [-0.2, 0) is 13.1 Å². The molecule has 0 radical (unpaired) electrons. The van der Waals surface area contributed by atoms with Crippen molar-refractivity contribution in [2.75, 3.05) is 11.5 Å². The van der Waals surface area contributed by atoms with Gasteiger partial charge < -0.3 is 15.9 Å². The molecule has 2 aromatic carbocycles. The Kier molecular flexibility index (Phi) is 6.10. The van der Waals surface area contributed by atoms with Crippen LogP contribution in [0, 0.1) is 0 Å². The molecule has 0 bridgehead atoms. The summed E-state index contributed by atoms with van der Waals surface area (Å²) in [5.41, 5.74) is 14.4. The molecule has 119 valence electrons. The molecule has 0 aliphatic rings. The van der Waals surface area contributed by atoms with Crippen LogP contribution in [0.1, 0.15) is 0 Å². The van der Waals surface area contributed by atoms with Crippen molar-refractivity contribution < 1.29 is 17.6 Å². The number of aromatic nitrogens is 2. The van der Waals surface area contributed by atoms with E-state index in [1.165, 1.54) is 0 Å². The van der Waals surface area contributed by atoms with Gasteiger partial charge in [-0.05, 0) is 24.3 Å². The number of nitrogens with zero attached hydrogens (tertiary/aromatic N) is 2. The van der Waals surface area contributed by atoms with Crippen LogP contribution in [0.4, 0.5) is 11.4 Å². The molecule has 22 heavy (non-hydrogen) atoms. The molecule has 0 fully saturated rings. The molecule has 5 nitrogen and oxygen atoms in total. The van der Waals surface area contributed by atoms with Crippen LogP contribution in [0.5, 0.6) is 0 Å². The summed E-state index contributed by atoms with van der Waals surface area (Å²) in [4.78, 5) is 0. The van der Waals surface area contributed by atoms with Gasteiger partial charge in [-0.15, -0.1) is 10.2 Å². The molecule has 1 heterocycles. The molecular weight excluding hydrogens is 375 g/mol. The van der Waals surface area contributed by atoms with E-state index in [1.807, 2.05) is 36.4 Å². The maximum atomic E-state index is 5.88. The molecule has 3 aromatic rings. The van der Waals surface area contributed by atoms with Crippen molar-refractivity contribution >= 4 is 31.6 Å². The first kappa shape index (κ1) is 16.6. The summed E-state index contributed by atoms with van der Waals surface area (Å²) in [6.45, 7) is 0. The molecule has 0 spiro atoms. The van der Waals surface area contributed by atoms with Gasteiger partial charge in [0.2, 0.25) is 11.8 Å². The van der Waals surface area contributed by atoms with Crippen molar-refractivity contribution in [3.05, 3.63) is 48.5 Å². The van der Waals surface area contributed by atoms with Gasteiger partial charge in [0.05, 0.1) is 11.1 Å². The number of hydrogen-bond donors (Lipinski definition) is 2. The first-order valence-electron chi connectivity index (χ1n) is 6.02. The average Bonchev–Trinajstić information content (AvgIpc) is 2.98. The van der Waals surface area contributed by atoms with E-state index in [1.54, 1.807) is 12.1 Å². The number of para-hydroxylation sites is 2. The number of nitrogen functional groups attached to an aromatic ring is 2. The molecule has 0 aliphatic carbocycles. The van der Waals surface area contributed by atoms with E-state index in [2.05, 4.69) is 30.4 Å². The van der Waals surface area contributed by atoms with E-state index in [0.717, 1.165) is 24.3 Å². The zero-order chi connectivity index (χ0) is 15.9. The molecule has 3 rings (SSSR count). The van der Waals surface area contributed by atoms with Crippen LogP contribution in [0.3, 0.4) is 0 Å². The Balaban J connectivity index is 0.000000545. The van der Waals surface area contributed by atoms with Crippen LogP contribution in [-0.4, -0.2) is 10.2 Å². The fraction of sp³-hybridized carbons (Fsp3) is 0. The first-order chi connectivity index (χ1) is 10.7. The molecule has 0 saturated carbocycles. The molecule has 0 aliphatic heterocycles. The summed E-state index contributed by atoms with van der Waals surface area (Å²) >= 11 is 0.757. The fourth-order valence-electron chi connectivity index (χ4n) is 1.82. The molecule has 0 amide bonds. The standard InChI is InChI=1S/C14H12N4O.2ClH.Cu/c15-11-7-3-1-5-9(11)13-17-18-14(19-13)10-6-2-4-8-12(10)16;;;/h1-8H,15-16H2;2*1H;/q;;;+2/p-2. The van der Waals surface area contributed by atoms with Gasteiger partial charge in [-0.25, -0.2) is 0 Å². The topological polar surface area (TPSA) is 91.0 Å². The number of hydrogen-bond acceptors (Lipinski definition) is 5. The second-order valence-electron chi connectivity index (χ2n) is 4.13. The minimum absolute atomic E-state index is 0.386. The van der Waals surface area contributed by atoms with Crippen LogP contribution < -0.4 is 11.5 Å². The molecule has 0 atom stereocenters. The van der Waals surface area contributed by atoms with E-state index in [4.69, 9.17) is 15.9 Å². The SMILES string of the molecule is Nc1ccccc1-c1nnc(-c2ccccc2N)o1.[Cl][Cu][Cl]. The zero-order valence-electron chi connectivity index (χ0n) is 11.1. The van der Waals surface area contributed by atoms with E-state index in [9.17, 15) is 0 Å². The Bertz CT molecular complexity index is 691. The van der Waals surface area contributed by atoms with Crippen molar-refractivity contribution in [3.8, 4) is 22.9 Å². The summed E-state index contributed by atoms with van der Waals surface area (Å²) in [5, 5.41) is 8.03. The molecule has 0 saturated heterocycles. The van der Waals surface area contributed by atoms with Gasteiger partial charge >= 0.3 is 33.3 Å². The van der Waals surface area contributed by atoms with Crippen molar-refractivity contribution in [2.24, 2.45) is 0 Å². The Morgan fingerprint density at radius 1 is 0.773 bits per heavy atom. The average molecular weight is 387 g/mol. The van der Waals surface area contributed by atoms with E-state index >= 15 is 0 Å². The third-order valence-electron chi connectivity index (χ3n) is 2.81. The number of rotatable bonds is 2. The predicted molar refractivity (Wildman–Crippen MR) is 85.7 cm³/mol. The Morgan fingerprint density at radius 2 is 1.14 bits per heavy atom. The zero-order valence-corrected chi connectivity index (χ0v) is 13.6. The first-order valence-corrected chi connectivity index (χ1v) is 8.61.